The SMILES string of the molecule is CC(C)CCCCCCN1C=CC(=CC=C2C=C(C(C)(C)C)C(=O)C(C(C)(C)C)=C2)C=C1. The van der Waals surface area contributed by atoms with Crippen LogP contribution in [0.25, 0.3) is 0 Å². The highest BCUT2D eigenvalue weighted by Gasteiger charge is 2.33. The van der Waals surface area contributed by atoms with Crippen LogP contribution in [0.3, 0.4) is 0 Å². The van der Waals surface area contributed by atoms with E-state index in [1.165, 1.54) is 37.7 Å². The average Bonchev–Trinajstić information content (AvgIpc) is 2.68. The van der Waals surface area contributed by atoms with Crippen LogP contribution >= 0.6 is 0 Å². The van der Waals surface area contributed by atoms with Gasteiger partial charge in [0.2, 0.25) is 0 Å². The fourth-order valence-electron chi connectivity index (χ4n) is 3.98. The van der Waals surface area contributed by atoms with Gasteiger partial charge in [0.05, 0.1) is 0 Å². The number of Topliss-reactive ketones (excluding diaryl/α,β-unsaturated/α-hetero) is 1. The molecule has 0 radical (unpaired) electrons. The van der Waals surface area contributed by atoms with Crippen LogP contribution < -0.4 is 0 Å². The smallest absolute Gasteiger partial charge is 0.186 e. The lowest BCUT2D eigenvalue weighted by atomic mass is 9.72. The van der Waals surface area contributed by atoms with Crippen molar-refractivity contribution in [2.45, 2.75) is 87.5 Å². The van der Waals surface area contributed by atoms with Crippen molar-refractivity contribution in [3.8, 4) is 0 Å². The van der Waals surface area contributed by atoms with E-state index in [0.717, 1.165) is 29.2 Å². The number of hydrogen-bond acceptors (Lipinski definition) is 2. The molecule has 2 heteroatoms. The summed E-state index contributed by atoms with van der Waals surface area (Å²) in [7, 11) is 0. The fraction of sp³-hybridized carbons (Fsp3) is 0.567. The number of hydrogen-bond donors (Lipinski definition) is 0. The molecule has 2 aliphatic rings. The summed E-state index contributed by atoms with van der Waals surface area (Å²) in [5, 5.41) is 0. The number of rotatable bonds is 8. The van der Waals surface area contributed by atoms with E-state index in [4.69, 9.17) is 0 Å². The van der Waals surface area contributed by atoms with Crippen molar-refractivity contribution in [2.75, 3.05) is 6.54 Å². The molecule has 0 spiro atoms. The number of carbonyl (C=O) groups is 1. The van der Waals surface area contributed by atoms with Gasteiger partial charge in [-0.2, -0.15) is 0 Å². The number of carbonyl (C=O) groups excluding carboxylic acids is 1. The van der Waals surface area contributed by atoms with Crippen LogP contribution in [-0.4, -0.2) is 17.2 Å². The molecule has 0 aromatic rings. The molecule has 0 atom stereocenters. The van der Waals surface area contributed by atoms with Gasteiger partial charge in [-0.1, -0.05) is 93.2 Å². The molecular formula is C30H45NO. The molecule has 1 aliphatic carbocycles. The summed E-state index contributed by atoms with van der Waals surface area (Å²) in [5.41, 5.74) is 3.71. The molecule has 0 unspecified atom stereocenters. The molecule has 2 nitrogen and oxygen atoms in total. The van der Waals surface area contributed by atoms with Crippen molar-refractivity contribution < 1.29 is 4.79 Å². The molecule has 0 fully saturated rings. The predicted octanol–water partition coefficient (Wildman–Crippen LogP) is 8.32. The Morgan fingerprint density at radius 1 is 0.781 bits per heavy atom. The van der Waals surface area contributed by atoms with Crippen molar-refractivity contribution in [3.05, 3.63) is 71.1 Å². The van der Waals surface area contributed by atoms with Gasteiger partial charge in [-0.25, -0.2) is 0 Å². The zero-order valence-electron chi connectivity index (χ0n) is 21.8. The second kappa shape index (κ2) is 11.2. The first-order valence-electron chi connectivity index (χ1n) is 12.4. The number of nitrogens with zero attached hydrogens (tertiary/aromatic N) is 1. The van der Waals surface area contributed by atoms with Gasteiger partial charge in [-0.3, -0.25) is 4.79 Å². The lowest BCUT2D eigenvalue weighted by Crippen LogP contribution is -2.27. The number of unbranched alkanes of at least 4 members (excludes halogenated alkanes) is 3. The largest absolute Gasteiger partial charge is 0.354 e. The van der Waals surface area contributed by atoms with Crippen LogP contribution in [0.5, 0.6) is 0 Å². The quantitative estimate of drug-likeness (QED) is 0.357. The van der Waals surface area contributed by atoms with Crippen molar-refractivity contribution in [1.82, 2.24) is 4.90 Å². The molecule has 0 aromatic carbocycles. The zero-order valence-corrected chi connectivity index (χ0v) is 21.8. The summed E-state index contributed by atoms with van der Waals surface area (Å²) in [6.45, 7) is 18.4. The van der Waals surface area contributed by atoms with Gasteiger partial charge in [0.15, 0.2) is 5.78 Å². The highest BCUT2D eigenvalue weighted by Crippen LogP contribution is 2.38. The van der Waals surface area contributed by atoms with Crippen LogP contribution in [-0.2, 0) is 4.79 Å². The van der Waals surface area contributed by atoms with E-state index < -0.39 is 0 Å². The first-order valence-corrected chi connectivity index (χ1v) is 12.4. The molecule has 0 amide bonds. The molecule has 1 aliphatic heterocycles. The topological polar surface area (TPSA) is 20.3 Å². The first kappa shape index (κ1) is 26.2. The van der Waals surface area contributed by atoms with Crippen molar-refractivity contribution >= 4 is 5.78 Å². The van der Waals surface area contributed by atoms with Gasteiger partial charge in [0.1, 0.15) is 0 Å². The van der Waals surface area contributed by atoms with Gasteiger partial charge < -0.3 is 4.90 Å². The first-order chi connectivity index (χ1) is 14.9. The molecular weight excluding hydrogens is 390 g/mol. The van der Waals surface area contributed by atoms with Crippen molar-refractivity contribution in [2.24, 2.45) is 16.7 Å². The van der Waals surface area contributed by atoms with Gasteiger partial charge in [0.25, 0.3) is 0 Å². The molecule has 0 bridgehead atoms. The van der Waals surface area contributed by atoms with Crippen LogP contribution in [0.4, 0.5) is 0 Å². The number of allylic oxidation sites excluding steroid dienone is 10. The highest BCUT2D eigenvalue weighted by molar-refractivity contribution is 6.11. The Morgan fingerprint density at radius 2 is 1.28 bits per heavy atom. The summed E-state index contributed by atoms with van der Waals surface area (Å²) in [6, 6.07) is 0. The average molecular weight is 436 g/mol. The zero-order chi connectivity index (χ0) is 23.9. The van der Waals surface area contributed by atoms with Crippen LogP contribution in [0, 0.1) is 16.7 Å². The summed E-state index contributed by atoms with van der Waals surface area (Å²) < 4.78 is 0. The molecule has 0 N–H and O–H groups in total. The maximum atomic E-state index is 13.1. The minimum Gasteiger partial charge on any atom is -0.354 e. The van der Waals surface area contributed by atoms with E-state index in [-0.39, 0.29) is 16.6 Å². The Morgan fingerprint density at radius 3 is 1.78 bits per heavy atom. The molecule has 0 aromatic heterocycles. The maximum Gasteiger partial charge on any atom is 0.186 e. The van der Waals surface area contributed by atoms with Crippen LogP contribution in [0.15, 0.2) is 71.1 Å². The third-order valence-electron chi connectivity index (χ3n) is 6.06. The standard InChI is InChI=1S/C30H45NO/c1-23(2)13-11-9-10-12-18-31-19-16-24(17-20-31)14-15-25-21-26(29(3,4)5)28(32)27(22-25)30(6,7)8/h14-17,19-23H,9-13,18H2,1-8H3. The third kappa shape index (κ3) is 8.11. The Balaban J connectivity index is 2.02. The molecule has 176 valence electrons. The second-order valence-electron chi connectivity index (χ2n) is 11.7. The fourth-order valence-corrected chi connectivity index (χ4v) is 3.98. The van der Waals surface area contributed by atoms with E-state index in [0.29, 0.717) is 0 Å². The Hall–Kier alpha value is -2.09. The minimum atomic E-state index is -0.173. The minimum absolute atomic E-state index is 0.173. The highest BCUT2D eigenvalue weighted by atomic mass is 16.1. The molecule has 0 saturated carbocycles. The van der Waals surface area contributed by atoms with E-state index in [1.807, 2.05) is 0 Å². The monoisotopic (exact) mass is 435 g/mol. The van der Waals surface area contributed by atoms with Crippen molar-refractivity contribution in [3.63, 3.8) is 0 Å². The van der Waals surface area contributed by atoms with Gasteiger partial charge in [-0.05, 0) is 58.6 Å². The van der Waals surface area contributed by atoms with E-state index in [2.05, 4.69) is 109 Å². The summed E-state index contributed by atoms with van der Waals surface area (Å²) in [4.78, 5) is 15.4. The van der Waals surface area contributed by atoms with E-state index >= 15 is 0 Å². The Kier molecular flexibility index (Phi) is 9.13. The summed E-state index contributed by atoms with van der Waals surface area (Å²) in [5.74, 6) is 1.01. The number of ketones is 1. The molecule has 0 saturated heterocycles. The van der Waals surface area contributed by atoms with Crippen molar-refractivity contribution in [1.29, 1.82) is 0 Å². The molecule has 1 heterocycles. The normalized spacial score (nSPS) is 17.2. The lowest BCUT2D eigenvalue weighted by Gasteiger charge is -2.31. The lowest BCUT2D eigenvalue weighted by molar-refractivity contribution is -0.114. The third-order valence-corrected chi connectivity index (χ3v) is 6.06. The van der Waals surface area contributed by atoms with Crippen LogP contribution in [0.1, 0.15) is 87.5 Å². The Labute approximate surface area is 197 Å². The van der Waals surface area contributed by atoms with Gasteiger partial charge in [-0.15, -0.1) is 0 Å². The summed E-state index contributed by atoms with van der Waals surface area (Å²) >= 11 is 0. The molecule has 2 rings (SSSR count). The van der Waals surface area contributed by atoms with E-state index in [1.54, 1.807) is 0 Å². The second-order valence-corrected chi connectivity index (χ2v) is 11.7. The maximum absolute atomic E-state index is 13.1. The van der Waals surface area contributed by atoms with E-state index in [9.17, 15) is 4.79 Å². The van der Waals surface area contributed by atoms with Crippen LogP contribution in [0.2, 0.25) is 0 Å². The van der Waals surface area contributed by atoms with Gasteiger partial charge in [0, 0.05) is 30.1 Å². The van der Waals surface area contributed by atoms with Gasteiger partial charge >= 0.3 is 0 Å². The predicted molar refractivity (Wildman–Crippen MR) is 139 cm³/mol. The molecule has 32 heavy (non-hydrogen) atoms. The Bertz CT molecular complexity index is 792. The summed E-state index contributed by atoms with van der Waals surface area (Å²) in [6.07, 6.45) is 23.7.